The highest BCUT2D eigenvalue weighted by atomic mass is 16.5. The van der Waals surface area contributed by atoms with Gasteiger partial charge in [-0.05, 0) is 32.3 Å². The van der Waals surface area contributed by atoms with Crippen LogP contribution in [0.3, 0.4) is 0 Å². The number of aliphatic carboxylic acids is 1. The maximum atomic E-state index is 12.6. The molecule has 1 N–H and O–H groups in total. The molecule has 1 aliphatic heterocycles. The normalized spacial score (nSPS) is 21.0. The minimum absolute atomic E-state index is 0.0184. The Morgan fingerprint density at radius 3 is 2.43 bits per heavy atom. The van der Waals surface area contributed by atoms with Crippen molar-refractivity contribution in [3.05, 3.63) is 23.9 Å². The molecular formula is C17H24N2O4. The fourth-order valence-corrected chi connectivity index (χ4v) is 2.90. The SMILES string of the molecule is CC(C)Oc1ccc(C(=O)N2CCC(C(=O)O)(C(C)C)C2)cn1. The molecule has 0 radical (unpaired) electrons. The Bertz CT molecular complexity index is 583. The number of hydrogen-bond donors (Lipinski definition) is 1. The van der Waals surface area contributed by atoms with Crippen LogP contribution in [-0.2, 0) is 4.79 Å². The van der Waals surface area contributed by atoms with E-state index in [4.69, 9.17) is 4.74 Å². The number of amides is 1. The summed E-state index contributed by atoms with van der Waals surface area (Å²) in [4.78, 5) is 30.0. The highest BCUT2D eigenvalue weighted by Gasteiger charge is 2.48. The number of carboxylic acid groups (broad SMARTS) is 1. The van der Waals surface area contributed by atoms with Crippen LogP contribution in [0.1, 0.15) is 44.5 Å². The van der Waals surface area contributed by atoms with Crippen molar-refractivity contribution in [1.82, 2.24) is 9.88 Å². The summed E-state index contributed by atoms with van der Waals surface area (Å²) >= 11 is 0. The van der Waals surface area contributed by atoms with Crippen molar-refractivity contribution >= 4 is 11.9 Å². The molecule has 6 heteroatoms. The van der Waals surface area contributed by atoms with Crippen LogP contribution in [0.5, 0.6) is 5.88 Å². The lowest BCUT2D eigenvalue weighted by Crippen LogP contribution is -2.40. The summed E-state index contributed by atoms with van der Waals surface area (Å²) in [6.07, 6.45) is 1.98. The number of aromatic nitrogens is 1. The van der Waals surface area contributed by atoms with Crippen molar-refractivity contribution in [3.8, 4) is 5.88 Å². The van der Waals surface area contributed by atoms with Gasteiger partial charge in [0.05, 0.1) is 17.1 Å². The third-order valence-corrected chi connectivity index (χ3v) is 4.46. The van der Waals surface area contributed by atoms with Gasteiger partial charge in [0.25, 0.3) is 5.91 Å². The van der Waals surface area contributed by atoms with Crippen molar-refractivity contribution in [2.45, 2.75) is 40.2 Å². The Labute approximate surface area is 136 Å². The van der Waals surface area contributed by atoms with Crippen LogP contribution >= 0.6 is 0 Å². The predicted octanol–water partition coefficient (Wildman–Crippen LogP) is 2.44. The monoisotopic (exact) mass is 320 g/mol. The van der Waals surface area contributed by atoms with Crippen LogP contribution < -0.4 is 4.74 Å². The Hall–Kier alpha value is -2.11. The van der Waals surface area contributed by atoms with E-state index in [1.807, 2.05) is 27.7 Å². The molecule has 2 rings (SSSR count). The lowest BCUT2D eigenvalue weighted by atomic mass is 9.76. The van der Waals surface area contributed by atoms with E-state index in [9.17, 15) is 14.7 Å². The minimum atomic E-state index is -0.857. The van der Waals surface area contributed by atoms with Crippen molar-refractivity contribution in [2.24, 2.45) is 11.3 Å². The second-order valence-corrected chi connectivity index (χ2v) is 6.64. The van der Waals surface area contributed by atoms with E-state index in [0.29, 0.717) is 24.4 Å². The van der Waals surface area contributed by atoms with Crippen LogP contribution in [0.2, 0.25) is 0 Å². The lowest BCUT2D eigenvalue weighted by Gasteiger charge is -2.28. The smallest absolute Gasteiger partial charge is 0.311 e. The summed E-state index contributed by atoms with van der Waals surface area (Å²) < 4.78 is 5.46. The van der Waals surface area contributed by atoms with E-state index in [0.717, 1.165) is 0 Å². The standard InChI is InChI=1S/C17H24N2O4/c1-11(2)17(16(21)22)7-8-19(10-17)15(20)13-5-6-14(18-9-13)23-12(3)4/h5-6,9,11-12H,7-8,10H2,1-4H3,(H,21,22). The number of rotatable bonds is 5. The first-order valence-corrected chi connectivity index (χ1v) is 7.91. The topological polar surface area (TPSA) is 79.7 Å². The Kier molecular flexibility index (Phi) is 4.92. The second kappa shape index (κ2) is 6.56. The minimum Gasteiger partial charge on any atom is -0.481 e. The van der Waals surface area contributed by atoms with E-state index < -0.39 is 11.4 Å². The predicted molar refractivity (Wildman–Crippen MR) is 85.4 cm³/mol. The highest BCUT2D eigenvalue weighted by Crippen LogP contribution is 2.38. The van der Waals surface area contributed by atoms with Gasteiger partial charge in [-0.25, -0.2) is 4.98 Å². The van der Waals surface area contributed by atoms with Gasteiger partial charge in [-0.2, -0.15) is 0 Å². The molecular weight excluding hydrogens is 296 g/mol. The van der Waals surface area contributed by atoms with Gasteiger partial charge in [0.2, 0.25) is 5.88 Å². The summed E-state index contributed by atoms with van der Waals surface area (Å²) in [5, 5.41) is 9.56. The number of nitrogens with zero attached hydrogens (tertiary/aromatic N) is 2. The van der Waals surface area contributed by atoms with Gasteiger partial charge in [-0.15, -0.1) is 0 Å². The van der Waals surface area contributed by atoms with Gasteiger partial charge in [0.15, 0.2) is 0 Å². The fraction of sp³-hybridized carbons (Fsp3) is 0.588. The molecule has 1 unspecified atom stereocenters. The zero-order chi connectivity index (χ0) is 17.2. The number of pyridine rings is 1. The first kappa shape index (κ1) is 17.2. The number of hydrogen-bond acceptors (Lipinski definition) is 4. The third kappa shape index (κ3) is 3.46. The number of likely N-dealkylation sites (tertiary alicyclic amines) is 1. The van der Waals surface area contributed by atoms with E-state index in [1.165, 1.54) is 6.20 Å². The van der Waals surface area contributed by atoms with Gasteiger partial charge in [0.1, 0.15) is 0 Å². The number of carboxylic acids is 1. The van der Waals surface area contributed by atoms with Crippen LogP contribution in [-0.4, -0.2) is 46.1 Å². The molecule has 1 amide bonds. The summed E-state index contributed by atoms with van der Waals surface area (Å²) in [5.74, 6) is -0.572. The first-order chi connectivity index (χ1) is 10.8. The highest BCUT2D eigenvalue weighted by molar-refractivity contribution is 5.94. The zero-order valence-corrected chi connectivity index (χ0v) is 14.1. The number of ether oxygens (including phenoxy) is 1. The summed E-state index contributed by atoms with van der Waals surface area (Å²) in [6, 6.07) is 3.33. The van der Waals surface area contributed by atoms with Gasteiger partial charge in [0, 0.05) is 25.4 Å². The molecule has 2 heterocycles. The van der Waals surface area contributed by atoms with Crippen LogP contribution in [0.4, 0.5) is 0 Å². The van der Waals surface area contributed by atoms with Crippen LogP contribution in [0, 0.1) is 11.3 Å². The van der Waals surface area contributed by atoms with Crippen molar-refractivity contribution in [1.29, 1.82) is 0 Å². The third-order valence-electron chi connectivity index (χ3n) is 4.46. The average Bonchev–Trinajstić information content (AvgIpc) is 2.93. The molecule has 0 aromatic carbocycles. The Morgan fingerprint density at radius 1 is 1.30 bits per heavy atom. The lowest BCUT2D eigenvalue weighted by molar-refractivity contribution is -0.150. The molecule has 1 aromatic heterocycles. The average molecular weight is 320 g/mol. The second-order valence-electron chi connectivity index (χ2n) is 6.64. The zero-order valence-electron chi connectivity index (χ0n) is 14.1. The van der Waals surface area contributed by atoms with E-state index in [1.54, 1.807) is 17.0 Å². The van der Waals surface area contributed by atoms with E-state index in [-0.39, 0.29) is 24.5 Å². The summed E-state index contributed by atoms with van der Waals surface area (Å²) in [5.41, 5.74) is -0.407. The van der Waals surface area contributed by atoms with E-state index >= 15 is 0 Å². The number of carbonyl (C=O) groups is 2. The van der Waals surface area contributed by atoms with Crippen LogP contribution in [0.25, 0.3) is 0 Å². The maximum absolute atomic E-state index is 12.6. The molecule has 1 aliphatic rings. The molecule has 23 heavy (non-hydrogen) atoms. The molecule has 1 atom stereocenters. The molecule has 0 saturated carbocycles. The molecule has 0 bridgehead atoms. The van der Waals surface area contributed by atoms with Crippen molar-refractivity contribution in [3.63, 3.8) is 0 Å². The maximum Gasteiger partial charge on any atom is 0.311 e. The first-order valence-electron chi connectivity index (χ1n) is 7.91. The van der Waals surface area contributed by atoms with Gasteiger partial charge < -0.3 is 14.7 Å². The van der Waals surface area contributed by atoms with Gasteiger partial charge >= 0.3 is 5.97 Å². The Morgan fingerprint density at radius 2 is 2.00 bits per heavy atom. The van der Waals surface area contributed by atoms with Gasteiger partial charge in [-0.1, -0.05) is 13.8 Å². The largest absolute Gasteiger partial charge is 0.481 e. The van der Waals surface area contributed by atoms with Crippen LogP contribution in [0.15, 0.2) is 18.3 Å². The van der Waals surface area contributed by atoms with E-state index in [2.05, 4.69) is 4.98 Å². The summed E-state index contributed by atoms with van der Waals surface area (Å²) in [7, 11) is 0. The molecule has 6 nitrogen and oxygen atoms in total. The summed E-state index contributed by atoms with van der Waals surface area (Å²) in [6.45, 7) is 8.28. The van der Waals surface area contributed by atoms with Gasteiger partial charge in [-0.3, -0.25) is 9.59 Å². The quantitative estimate of drug-likeness (QED) is 0.901. The van der Waals surface area contributed by atoms with Crippen molar-refractivity contribution < 1.29 is 19.4 Å². The molecule has 0 aliphatic carbocycles. The molecule has 0 spiro atoms. The molecule has 1 fully saturated rings. The molecule has 1 aromatic rings. The molecule has 1 saturated heterocycles. The molecule has 126 valence electrons. The van der Waals surface area contributed by atoms with Crippen molar-refractivity contribution in [2.75, 3.05) is 13.1 Å². The fourth-order valence-electron chi connectivity index (χ4n) is 2.90. The Balaban J connectivity index is 2.11. The number of carbonyl (C=O) groups excluding carboxylic acids is 1.